The second kappa shape index (κ2) is 11.4. The number of hydrogen-bond acceptors (Lipinski definition) is 3. The van der Waals surface area contributed by atoms with Gasteiger partial charge in [-0.05, 0) is 74.2 Å². The van der Waals surface area contributed by atoms with E-state index in [2.05, 4.69) is 73.8 Å². The van der Waals surface area contributed by atoms with E-state index in [4.69, 9.17) is 9.73 Å². The van der Waals surface area contributed by atoms with Gasteiger partial charge in [-0.2, -0.15) is 5.10 Å². The molecule has 0 fully saturated rings. The Morgan fingerprint density at radius 2 is 1.87 bits per heavy atom. The van der Waals surface area contributed by atoms with Gasteiger partial charge in [0, 0.05) is 25.3 Å². The van der Waals surface area contributed by atoms with Crippen molar-refractivity contribution < 1.29 is 4.74 Å². The highest BCUT2D eigenvalue weighted by molar-refractivity contribution is 14.0. The molecule has 0 amide bonds. The maximum Gasteiger partial charge on any atom is 0.191 e. The molecule has 0 radical (unpaired) electrons. The van der Waals surface area contributed by atoms with E-state index < -0.39 is 0 Å². The molecular weight excluding hydrogens is 501 g/mol. The molecule has 2 aromatic carbocycles. The summed E-state index contributed by atoms with van der Waals surface area (Å²) in [5.41, 5.74) is 4.80. The summed E-state index contributed by atoms with van der Waals surface area (Å²) in [5, 5.41) is 13.8. The van der Waals surface area contributed by atoms with Crippen LogP contribution in [0.4, 0.5) is 0 Å². The van der Waals surface area contributed by atoms with Crippen LogP contribution in [-0.2, 0) is 20.0 Å². The maximum atomic E-state index is 5.31. The number of fused-ring (bicyclic) bond motifs is 1. The number of halogens is 1. The van der Waals surface area contributed by atoms with Crippen LogP contribution < -0.4 is 15.4 Å². The van der Waals surface area contributed by atoms with Gasteiger partial charge >= 0.3 is 0 Å². The topological polar surface area (TPSA) is 63.5 Å². The zero-order valence-electron chi connectivity index (χ0n) is 19.3. The fraction of sp³-hybridized carbons (Fsp3) is 0.417. The molecule has 0 aliphatic carbocycles. The summed E-state index contributed by atoms with van der Waals surface area (Å²) in [6.45, 7) is 9.90. The van der Waals surface area contributed by atoms with E-state index in [-0.39, 0.29) is 30.0 Å². The van der Waals surface area contributed by atoms with Crippen molar-refractivity contribution in [2.45, 2.75) is 46.7 Å². The zero-order chi connectivity index (χ0) is 21.7. The fourth-order valence-electron chi connectivity index (χ4n) is 3.69. The molecule has 3 rings (SSSR count). The zero-order valence-corrected chi connectivity index (χ0v) is 21.7. The first-order chi connectivity index (χ1) is 14.4. The Bertz CT molecular complexity index is 1040. The minimum absolute atomic E-state index is 0. The number of nitrogens with one attached hydrogen (secondary N) is 2. The number of methoxy groups -OCH3 is 1. The summed E-state index contributed by atoms with van der Waals surface area (Å²) in [6, 6.07) is 12.8. The van der Waals surface area contributed by atoms with Crippen molar-refractivity contribution >= 4 is 40.7 Å². The van der Waals surface area contributed by atoms with Gasteiger partial charge in [0.2, 0.25) is 0 Å². The van der Waals surface area contributed by atoms with Gasteiger partial charge in [0.25, 0.3) is 0 Å². The van der Waals surface area contributed by atoms with Crippen LogP contribution in [0.1, 0.15) is 36.4 Å². The van der Waals surface area contributed by atoms with E-state index in [0.29, 0.717) is 6.54 Å². The van der Waals surface area contributed by atoms with Gasteiger partial charge in [0.05, 0.1) is 19.3 Å². The smallest absolute Gasteiger partial charge is 0.191 e. The van der Waals surface area contributed by atoms with Crippen LogP contribution in [0.15, 0.2) is 41.4 Å². The Labute approximate surface area is 202 Å². The molecule has 1 unspecified atom stereocenters. The Kier molecular flexibility index (Phi) is 9.15. The van der Waals surface area contributed by atoms with Crippen molar-refractivity contribution in [2.24, 2.45) is 12.0 Å². The van der Waals surface area contributed by atoms with Crippen molar-refractivity contribution in [1.82, 2.24) is 20.4 Å². The lowest BCUT2D eigenvalue weighted by molar-refractivity contribution is 0.415. The molecule has 1 atom stereocenters. The molecule has 168 valence electrons. The first-order valence-electron chi connectivity index (χ1n) is 10.5. The average molecular weight is 535 g/mol. The van der Waals surface area contributed by atoms with E-state index >= 15 is 0 Å². The average Bonchev–Trinajstić information content (AvgIpc) is 2.97. The van der Waals surface area contributed by atoms with Gasteiger partial charge in [0.15, 0.2) is 5.96 Å². The highest BCUT2D eigenvalue weighted by Gasteiger charge is 2.14. The fourth-order valence-corrected chi connectivity index (χ4v) is 3.69. The van der Waals surface area contributed by atoms with Gasteiger partial charge in [0.1, 0.15) is 5.75 Å². The molecule has 3 aromatic rings. The van der Waals surface area contributed by atoms with E-state index in [1.165, 1.54) is 27.6 Å². The molecule has 0 saturated carbocycles. The van der Waals surface area contributed by atoms with E-state index in [1.807, 2.05) is 17.8 Å². The molecule has 6 nitrogen and oxygen atoms in total. The summed E-state index contributed by atoms with van der Waals surface area (Å²) in [6.07, 6.45) is 0.910. The number of ether oxygens (including phenoxy) is 1. The second-order valence-corrected chi connectivity index (χ2v) is 7.77. The van der Waals surface area contributed by atoms with Gasteiger partial charge < -0.3 is 15.4 Å². The lowest BCUT2D eigenvalue weighted by Crippen LogP contribution is -2.43. The standard InChI is InChI=1S/C24H33N5O.HI/c1-7-25-24(27-16(2)12-23-17(3)28-29(5)18(23)4)26-15-19-8-9-21-14-22(30-6)11-10-20(21)13-19;/h8-11,13-14,16H,7,12,15H2,1-6H3,(H2,25,26,27);1H. The van der Waals surface area contributed by atoms with E-state index in [1.54, 1.807) is 7.11 Å². The van der Waals surface area contributed by atoms with Crippen LogP contribution in [0.25, 0.3) is 10.8 Å². The molecule has 1 heterocycles. The second-order valence-electron chi connectivity index (χ2n) is 7.77. The number of benzene rings is 2. The lowest BCUT2D eigenvalue weighted by atomic mass is 10.1. The summed E-state index contributed by atoms with van der Waals surface area (Å²) in [7, 11) is 3.69. The van der Waals surface area contributed by atoms with Crippen molar-refractivity contribution in [3.8, 4) is 5.75 Å². The third kappa shape index (κ3) is 6.35. The van der Waals surface area contributed by atoms with Crippen LogP contribution in [0, 0.1) is 13.8 Å². The SMILES string of the molecule is CCNC(=NCc1ccc2cc(OC)ccc2c1)NC(C)Cc1c(C)nn(C)c1C.I. The van der Waals surface area contributed by atoms with Crippen LogP contribution in [0.2, 0.25) is 0 Å². The van der Waals surface area contributed by atoms with Gasteiger partial charge in [-0.25, -0.2) is 4.99 Å². The molecule has 7 heteroatoms. The summed E-state index contributed by atoms with van der Waals surface area (Å²) in [5.74, 6) is 1.71. The molecule has 0 aliphatic heterocycles. The minimum Gasteiger partial charge on any atom is -0.497 e. The van der Waals surface area contributed by atoms with Crippen molar-refractivity contribution in [3.63, 3.8) is 0 Å². The van der Waals surface area contributed by atoms with Crippen LogP contribution in [-0.4, -0.2) is 35.4 Å². The minimum atomic E-state index is 0. The molecule has 2 N–H and O–H groups in total. The monoisotopic (exact) mass is 535 g/mol. The summed E-state index contributed by atoms with van der Waals surface area (Å²) in [4.78, 5) is 4.80. The highest BCUT2D eigenvalue weighted by atomic mass is 127. The molecule has 31 heavy (non-hydrogen) atoms. The Morgan fingerprint density at radius 1 is 1.16 bits per heavy atom. The number of nitrogens with zero attached hydrogens (tertiary/aromatic N) is 3. The Balaban J connectivity index is 0.00000341. The van der Waals surface area contributed by atoms with E-state index in [9.17, 15) is 0 Å². The number of aliphatic imine (C=N–C) groups is 1. The Hall–Kier alpha value is -2.29. The third-order valence-electron chi connectivity index (χ3n) is 5.43. The summed E-state index contributed by atoms with van der Waals surface area (Å²) < 4.78 is 7.26. The maximum absolute atomic E-state index is 5.31. The number of aromatic nitrogens is 2. The normalized spacial score (nSPS) is 12.4. The highest BCUT2D eigenvalue weighted by Crippen LogP contribution is 2.22. The van der Waals surface area contributed by atoms with Gasteiger partial charge in [-0.15, -0.1) is 24.0 Å². The first-order valence-corrected chi connectivity index (χ1v) is 10.5. The van der Waals surface area contributed by atoms with Crippen molar-refractivity contribution in [3.05, 3.63) is 58.9 Å². The molecule has 0 saturated heterocycles. The number of hydrogen-bond donors (Lipinski definition) is 2. The summed E-state index contributed by atoms with van der Waals surface area (Å²) >= 11 is 0. The molecule has 0 bridgehead atoms. The van der Waals surface area contributed by atoms with Crippen molar-refractivity contribution in [1.29, 1.82) is 0 Å². The Morgan fingerprint density at radius 3 is 2.52 bits per heavy atom. The molecule has 1 aromatic heterocycles. The van der Waals surface area contributed by atoms with E-state index in [0.717, 1.165) is 30.4 Å². The van der Waals surface area contributed by atoms with Gasteiger partial charge in [-0.3, -0.25) is 4.68 Å². The van der Waals surface area contributed by atoms with Crippen LogP contribution in [0.3, 0.4) is 0 Å². The van der Waals surface area contributed by atoms with Crippen LogP contribution >= 0.6 is 24.0 Å². The van der Waals surface area contributed by atoms with Crippen molar-refractivity contribution in [2.75, 3.05) is 13.7 Å². The largest absolute Gasteiger partial charge is 0.497 e. The molecule has 0 spiro atoms. The number of aryl methyl sites for hydroxylation is 2. The molecular formula is C24H34IN5O. The van der Waals surface area contributed by atoms with Crippen LogP contribution in [0.5, 0.6) is 5.75 Å². The predicted molar refractivity (Wildman–Crippen MR) is 140 cm³/mol. The third-order valence-corrected chi connectivity index (χ3v) is 5.43. The quantitative estimate of drug-likeness (QED) is 0.266. The lowest BCUT2D eigenvalue weighted by Gasteiger charge is -2.18. The van der Waals surface area contributed by atoms with Gasteiger partial charge in [-0.1, -0.05) is 18.2 Å². The predicted octanol–water partition coefficient (Wildman–Crippen LogP) is 4.50. The first kappa shape index (κ1) is 25.0. The number of guanidine groups is 1. The molecule has 0 aliphatic rings. The number of rotatable bonds is 7.